The van der Waals surface area contributed by atoms with Crippen molar-refractivity contribution in [2.75, 3.05) is 18.0 Å². The van der Waals surface area contributed by atoms with Gasteiger partial charge in [0.05, 0.1) is 16.1 Å². The predicted molar refractivity (Wildman–Crippen MR) is 160 cm³/mol. The van der Waals surface area contributed by atoms with Gasteiger partial charge in [0.1, 0.15) is 5.70 Å². The van der Waals surface area contributed by atoms with E-state index < -0.39 is 11.8 Å². The van der Waals surface area contributed by atoms with E-state index in [0.29, 0.717) is 17.5 Å². The Bertz CT molecular complexity index is 1600. The van der Waals surface area contributed by atoms with E-state index in [-0.39, 0.29) is 27.9 Å². The first-order valence-electron chi connectivity index (χ1n) is 12.9. The lowest BCUT2D eigenvalue weighted by Gasteiger charge is -2.20. The Hall–Kier alpha value is -4.69. The molecule has 0 unspecified atom stereocenters. The molecule has 0 fully saturated rings. The van der Waals surface area contributed by atoms with Crippen molar-refractivity contribution in [2.45, 2.75) is 20.4 Å². The van der Waals surface area contributed by atoms with E-state index in [1.807, 2.05) is 36.4 Å². The number of carbonyl (C=O) groups is 2. The van der Waals surface area contributed by atoms with Crippen LogP contribution in [0.15, 0.2) is 101 Å². The van der Waals surface area contributed by atoms with Crippen molar-refractivity contribution in [3.63, 3.8) is 0 Å². The maximum absolute atomic E-state index is 13.3. The first kappa shape index (κ1) is 28.3. The molecule has 40 heavy (non-hydrogen) atoms. The summed E-state index contributed by atoms with van der Waals surface area (Å²) in [6.07, 6.45) is 3.18. The van der Waals surface area contributed by atoms with Crippen molar-refractivity contribution < 1.29 is 14.7 Å². The molecule has 2 amide bonds. The summed E-state index contributed by atoms with van der Waals surface area (Å²) in [6.45, 7) is 9.96. The van der Waals surface area contributed by atoms with Crippen LogP contribution in [-0.2, 0) is 11.3 Å². The molecule has 9 heteroatoms. The normalized spacial score (nSPS) is 11.6. The molecule has 1 aromatic heterocycles. The summed E-state index contributed by atoms with van der Waals surface area (Å²) in [5, 5.41) is 22.3. The lowest BCUT2D eigenvalue weighted by molar-refractivity contribution is -0.115. The number of aromatic hydroxyl groups is 1. The van der Waals surface area contributed by atoms with Gasteiger partial charge in [-0.25, -0.2) is 0 Å². The summed E-state index contributed by atoms with van der Waals surface area (Å²) in [7, 11) is 0. The van der Waals surface area contributed by atoms with Crippen molar-refractivity contribution in [1.82, 2.24) is 9.88 Å². The standard InChI is InChI=1S/C31H30ClN5O3/c1-4-19-37-27-14-10-8-12-24(27)28(31(37)40)34-35-30(39)26(33-29(38)23-11-7-9-13-25(23)32)20-21-15-17-22(18-16-21)36(5-2)6-3/h4,7-18,20,40H,1,5-6,19H2,2-3H3,(H,33,38). The highest BCUT2D eigenvalue weighted by molar-refractivity contribution is 6.34. The van der Waals surface area contributed by atoms with Crippen LogP contribution in [0.5, 0.6) is 5.88 Å². The third kappa shape index (κ3) is 6.13. The van der Waals surface area contributed by atoms with Crippen molar-refractivity contribution in [3.05, 3.63) is 107 Å². The molecule has 0 bridgehead atoms. The number of halogens is 1. The summed E-state index contributed by atoms with van der Waals surface area (Å²) in [6, 6.07) is 21.4. The van der Waals surface area contributed by atoms with Crippen LogP contribution in [0.2, 0.25) is 5.02 Å². The highest BCUT2D eigenvalue weighted by atomic mass is 35.5. The number of rotatable bonds is 10. The van der Waals surface area contributed by atoms with Crippen LogP contribution in [0.25, 0.3) is 17.0 Å². The van der Waals surface area contributed by atoms with Gasteiger partial charge in [-0.3, -0.25) is 9.59 Å². The first-order chi connectivity index (χ1) is 19.4. The smallest absolute Gasteiger partial charge is 0.311 e. The highest BCUT2D eigenvalue weighted by Gasteiger charge is 2.19. The number of para-hydroxylation sites is 1. The number of anilines is 1. The van der Waals surface area contributed by atoms with E-state index in [1.54, 1.807) is 47.0 Å². The van der Waals surface area contributed by atoms with Gasteiger partial charge in [0, 0.05) is 30.7 Å². The molecule has 0 saturated carbocycles. The SMILES string of the molecule is C=CCn1c(O)c(N=NC(=O)C(=Cc2ccc(N(CC)CC)cc2)NC(=O)c2ccccc2Cl)c2ccccc21. The molecule has 4 rings (SSSR count). The fourth-order valence-corrected chi connectivity index (χ4v) is 4.58. The maximum atomic E-state index is 13.3. The van der Waals surface area contributed by atoms with E-state index in [0.717, 1.165) is 24.3 Å². The lowest BCUT2D eigenvalue weighted by atomic mass is 10.1. The highest BCUT2D eigenvalue weighted by Crippen LogP contribution is 2.38. The number of carbonyl (C=O) groups excluding carboxylic acids is 2. The summed E-state index contributed by atoms with van der Waals surface area (Å²) in [5.74, 6) is -1.51. The fourth-order valence-electron chi connectivity index (χ4n) is 4.36. The summed E-state index contributed by atoms with van der Waals surface area (Å²) in [5.41, 5.74) is 2.70. The Labute approximate surface area is 237 Å². The first-order valence-corrected chi connectivity index (χ1v) is 13.2. The van der Waals surface area contributed by atoms with Crippen LogP contribution in [0.3, 0.4) is 0 Å². The Morgan fingerprint density at radius 3 is 2.38 bits per heavy atom. The molecule has 0 aliphatic heterocycles. The molecule has 0 aliphatic carbocycles. The topological polar surface area (TPSA) is 99.3 Å². The van der Waals surface area contributed by atoms with Gasteiger partial charge in [-0.15, -0.1) is 16.8 Å². The van der Waals surface area contributed by atoms with Crippen molar-refractivity contribution in [3.8, 4) is 5.88 Å². The van der Waals surface area contributed by atoms with E-state index in [1.165, 1.54) is 6.08 Å². The lowest BCUT2D eigenvalue weighted by Crippen LogP contribution is -2.26. The van der Waals surface area contributed by atoms with Crippen LogP contribution < -0.4 is 10.2 Å². The molecule has 1 heterocycles. The minimum atomic E-state index is -0.798. The molecule has 0 radical (unpaired) electrons. The van der Waals surface area contributed by atoms with Gasteiger partial charge in [0.2, 0.25) is 5.88 Å². The maximum Gasteiger partial charge on any atom is 0.311 e. The van der Waals surface area contributed by atoms with E-state index in [9.17, 15) is 14.7 Å². The average molecular weight is 556 g/mol. The number of nitrogens with one attached hydrogen (secondary N) is 1. The quantitative estimate of drug-likeness (QED) is 0.124. The molecule has 3 aromatic carbocycles. The van der Waals surface area contributed by atoms with Crippen LogP contribution in [0.1, 0.15) is 29.8 Å². The Kier molecular flexibility index (Phi) is 9.14. The van der Waals surface area contributed by atoms with Gasteiger partial charge >= 0.3 is 5.91 Å². The van der Waals surface area contributed by atoms with Gasteiger partial charge < -0.3 is 19.9 Å². The van der Waals surface area contributed by atoms with E-state index >= 15 is 0 Å². The molecule has 204 valence electrons. The fraction of sp³-hybridized carbons (Fsp3) is 0.161. The molecule has 0 atom stereocenters. The second-order valence-corrected chi connectivity index (χ2v) is 9.26. The third-order valence-electron chi connectivity index (χ3n) is 6.40. The minimum Gasteiger partial charge on any atom is -0.493 e. The third-order valence-corrected chi connectivity index (χ3v) is 6.73. The molecule has 0 saturated heterocycles. The Morgan fingerprint density at radius 2 is 1.70 bits per heavy atom. The molecular formula is C31H30ClN5O3. The molecule has 8 nitrogen and oxygen atoms in total. The van der Waals surface area contributed by atoms with Crippen LogP contribution >= 0.6 is 11.6 Å². The zero-order chi connectivity index (χ0) is 28.6. The zero-order valence-corrected chi connectivity index (χ0v) is 23.1. The number of hydrogen-bond acceptors (Lipinski definition) is 5. The van der Waals surface area contributed by atoms with Crippen molar-refractivity contribution in [1.29, 1.82) is 0 Å². The van der Waals surface area contributed by atoms with Crippen molar-refractivity contribution in [2.24, 2.45) is 10.2 Å². The number of allylic oxidation sites excluding steroid dienone is 1. The van der Waals surface area contributed by atoms with Gasteiger partial charge in [0.15, 0.2) is 5.69 Å². The van der Waals surface area contributed by atoms with E-state index in [2.05, 4.69) is 40.9 Å². The molecule has 0 aliphatic rings. The van der Waals surface area contributed by atoms with E-state index in [4.69, 9.17) is 11.6 Å². The number of hydrogen-bond donors (Lipinski definition) is 2. The summed E-state index contributed by atoms with van der Waals surface area (Å²) >= 11 is 6.21. The number of benzene rings is 3. The Balaban J connectivity index is 1.71. The van der Waals surface area contributed by atoms with Gasteiger partial charge in [-0.2, -0.15) is 0 Å². The summed E-state index contributed by atoms with van der Waals surface area (Å²) < 4.78 is 1.62. The van der Waals surface area contributed by atoms with Crippen LogP contribution in [-0.4, -0.2) is 34.6 Å². The second kappa shape index (κ2) is 12.9. The van der Waals surface area contributed by atoms with Gasteiger partial charge in [-0.05, 0) is 55.8 Å². The molecule has 0 spiro atoms. The van der Waals surface area contributed by atoms with Crippen LogP contribution in [0, 0.1) is 0 Å². The number of azo groups is 1. The molecule has 2 N–H and O–H groups in total. The Morgan fingerprint density at radius 1 is 1.02 bits per heavy atom. The monoisotopic (exact) mass is 555 g/mol. The van der Waals surface area contributed by atoms with Crippen molar-refractivity contribution >= 4 is 51.8 Å². The summed E-state index contributed by atoms with van der Waals surface area (Å²) in [4.78, 5) is 28.6. The van der Waals surface area contributed by atoms with Gasteiger partial charge in [0.25, 0.3) is 5.91 Å². The molecular weight excluding hydrogens is 526 g/mol. The number of nitrogens with zero attached hydrogens (tertiary/aromatic N) is 4. The zero-order valence-electron chi connectivity index (χ0n) is 22.3. The second-order valence-electron chi connectivity index (χ2n) is 8.85. The molecule has 4 aromatic rings. The number of fused-ring (bicyclic) bond motifs is 1. The minimum absolute atomic E-state index is 0.0985. The largest absolute Gasteiger partial charge is 0.493 e. The van der Waals surface area contributed by atoms with Crippen LogP contribution in [0.4, 0.5) is 11.4 Å². The predicted octanol–water partition coefficient (Wildman–Crippen LogP) is 7.11. The number of aromatic nitrogens is 1. The van der Waals surface area contributed by atoms with Gasteiger partial charge in [-0.1, -0.05) is 60.1 Å². The number of amides is 2. The average Bonchev–Trinajstić information content (AvgIpc) is 3.23.